The van der Waals surface area contributed by atoms with Gasteiger partial charge in [-0.15, -0.1) is 0 Å². The average Bonchev–Trinajstić information content (AvgIpc) is 3.58. The molecule has 0 bridgehead atoms. The molecular weight excluding hydrogens is 330 g/mol. The second-order valence-electron chi connectivity index (χ2n) is 7.04. The summed E-state index contributed by atoms with van der Waals surface area (Å²) in [6, 6.07) is 12.7. The van der Waals surface area contributed by atoms with Crippen LogP contribution in [0.2, 0.25) is 0 Å². The Bertz CT molecular complexity index is 867. The fraction of sp³-hybridized carbons (Fsp3) is 0.429. The van der Waals surface area contributed by atoms with Crippen molar-refractivity contribution in [2.24, 2.45) is 0 Å². The Labute approximate surface area is 152 Å². The lowest BCUT2D eigenvalue weighted by atomic mass is 10.1. The van der Waals surface area contributed by atoms with E-state index in [0.717, 1.165) is 37.7 Å². The van der Waals surface area contributed by atoms with Gasteiger partial charge in [-0.1, -0.05) is 6.92 Å². The molecule has 2 atom stereocenters. The van der Waals surface area contributed by atoms with Crippen LogP contribution in [0.3, 0.4) is 0 Å². The van der Waals surface area contributed by atoms with Crippen molar-refractivity contribution in [2.45, 2.75) is 32.1 Å². The lowest BCUT2D eigenvalue weighted by Crippen LogP contribution is -2.04. The Kier molecular flexibility index (Phi) is 3.98. The van der Waals surface area contributed by atoms with Crippen LogP contribution in [0.5, 0.6) is 11.5 Å². The van der Waals surface area contributed by atoms with Gasteiger partial charge in [0.2, 0.25) is 0 Å². The van der Waals surface area contributed by atoms with E-state index in [0.29, 0.717) is 13.2 Å². The number of epoxide rings is 2. The van der Waals surface area contributed by atoms with Crippen molar-refractivity contribution in [1.82, 2.24) is 4.57 Å². The lowest BCUT2D eigenvalue weighted by Gasteiger charge is -2.09. The van der Waals surface area contributed by atoms with Gasteiger partial charge in [0.05, 0.1) is 24.2 Å². The first-order chi connectivity index (χ1) is 12.8. The zero-order valence-electron chi connectivity index (χ0n) is 14.9. The van der Waals surface area contributed by atoms with Crippen molar-refractivity contribution in [2.75, 3.05) is 26.4 Å². The molecule has 5 nitrogen and oxygen atoms in total. The zero-order chi connectivity index (χ0) is 17.5. The summed E-state index contributed by atoms with van der Waals surface area (Å²) in [4.78, 5) is 0. The Hall–Kier alpha value is -2.24. The van der Waals surface area contributed by atoms with E-state index in [-0.39, 0.29) is 12.2 Å². The highest BCUT2D eigenvalue weighted by Crippen LogP contribution is 2.34. The minimum atomic E-state index is 0.266. The summed E-state index contributed by atoms with van der Waals surface area (Å²) >= 11 is 0. The minimum Gasteiger partial charge on any atom is -0.491 e. The first-order valence-electron chi connectivity index (χ1n) is 9.36. The Morgan fingerprint density at radius 3 is 1.81 bits per heavy atom. The van der Waals surface area contributed by atoms with Crippen LogP contribution in [-0.4, -0.2) is 43.2 Å². The van der Waals surface area contributed by atoms with Gasteiger partial charge in [-0.3, -0.25) is 0 Å². The van der Waals surface area contributed by atoms with Gasteiger partial charge < -0.3 is 23.5 Å². The molecular formula is C21H23NO4. The summed E-state index contributed by atoms with van der Waals surface area (Å²) in [5.74, 6) is 1.80. The van der Waals surface area contributed by atoms with Gasteiger partial charge in [0, 0.05) is 29.4 Å². The first kappa shape index (κ1) is 16.0. The average molecular weight is 353 g/mol. The van der Waals surface area contributed by atoms with Crippen LogP contribution >= 0.6 is 0 Å². The van der Waals surface area contributed by atoms with E-state index in [1.807, 2.05) is 0 Å². The Morgan fingerprint density at radius 1 is 0.885 bits per heavy atom. The van der Waals surface area contributed by atoms with Crippen molar-refractivity contribution in [3.63, 3.8) is 0 Å². The van der Waals surface area contributed by atoms with Crippen LogP contribution < -0.4 is 9.47 Å². The first-order valence-corrected chi connectivity index (χ1v) is 9.36. The third-order valence-corrected chi connectivity index (χ3v) is 4.93. The monoisotopic (exact) mass is 353 g/mol. The molecule has 2 fully saturated rings. The fourth-order valence-electron chi connectivity index (χ4n) is 3.41. The maximum absolute atomic E-state index is 5.89. The molecule has 0 aliphatic carbocycles. The van der Waals surface area contributed by atoms with Gasteiger partial charge >= 0.3 is 0 Å². The summed E-state index contributed by atoms with van der Waals surface area (Å²) in [5.41, 5.74) is 2.41. The summed E-state index contributed by atoms with van der Waals surface area (Å²) in [7, 11) is 0. The molecule has 5 rings (SSSR count). The van der Waals surface area contributed by atoms with Gasteiger partial charge in [-0.25, -0.2) is 0 Å². The molecule has 2 aliphatic heterocycles. The normalized spacial score (nSPS) is 21.3. The van der Waals surface area contributed by atoms with Crippen molar-refractivity contribution in [3.05, 3.63) is 36.4 Å². The highest BCUT2D eigenvalue weighted by Gasteiger charge is 2.24. The topological polar surface area (TPSA) is 48.5 Å². The number of fused-ring (bicyclic) bond motifs is 3. The number of hydrogen-bond acceptors (Lipinski definition) is 4. The van der Waals surface area contributed by atoms with Crippen molar-refractivity contribution >= 4 is 21.8 Å². The van der Waals surface area contributed by atoms with Crippen LogP contribution in [0.1, 0.15) is 13.3 Å². The van der Waals surface area contributed by atoms with Crippen molar-refractivity contribution in [3.8, 4) is 11.5 Å². The molecule has 26 heavy (non-hydrogen) atoms. The number of ether oxygens (including phenoxy) is 4. The van der Waals surface area contributed by atoms with Crippen LogP contribution in [0.25, 0.3) is 21.8 Å². The van der Waals surface area contributed by atoms with Gasteiger partial charge in [0.1, 0.15) is 36.9 Å². The summed E-state index contributed by atoms with van der Waals surface area (Å²) < 4.78 is 24.6. The molecule has 0 amide bonds. The zero-order valence-corrected chi connectivity index (χ0v) is 14.9. The third kappa shape index (κ3) is 3.13. The highest BCUT2D eigenvalue weighted by atomic mass is 16.6. The number of aryl methyl sites for hydroxylation is 1. The molecule has 0 N–H and O–H groups in total. The van der Waals surface area contributed by atoms with E-state index in [1.165, 1.54) is 21.8 Å². The van der Waals surface area contributed by atoms with E-state index < -0.39 is 0 Å². The Balaban J connectivity index is 1.53. The minimum absolute atomic E-state index is 0.266. The smallest absolute Gasteiger partial charge is 0.121 e. The van der Waals surface area contributed by atoms with E-state index in [2.05, 4.69) is 47.9 Å². The molecule has 2 saturated heterocycles. The largest absolute Gasteiger partial charge is 0.491 e. The number of hydrogen-bond donors (Lipinski definition) is 0. The lowest BCUT2D eigenvalue weighted by molar-refractivity contribution is 0.263. The van der Waals surface area contributed by atoms with Crippen LogP contribution in [-0.2, 0) is 16.0 Å². The predicted molar refractivity (Wildman–Crippen MR) is 100 cm³/mol. The quantitative estimate of drug-likeness (QED) is 0.579. The van der Waals surface area contributed by atoms with E-state index in [4.69, 9.17) is 18.9 Å². The number of benzene rings is 2. The Morgan fingerprint density at radius 2 is 1.38 bits per heavy atom. The second kappa shape index (κ2) is 6.49. The molecule has 1 aromatic heterocycles. The van der Waals surface area contributed by atoms with E-state index in [1.54, 1.807) is 0 Å². The summed E-state index contributed by atoms with van der Waals surface area (Å²) in [6.07, 6.45) is 1.60. The van der Waals surface area contributed by atoms with E-state index >= 15 is 0 Å². The van der Waals surface area contributed by atoms with Gasteiger partial charge in [-0.2, -0.15) is 0 Å². The highest BCUT2D eigenvalue weighted by molar-refractivity contribution is 6.08. The standard InChI is InChI=1S/C21H23NO4/c1-2-7-22-20-8-14(23-10-16-12-25-16)3-5-18(20)19-6-4-15(9-21(19)22)24-11-17-13-26-17/h3-6,8-9,16-17H,2,7,10-13H2,1H3. The van der Waals surface area contributed by atoms with Crippen LogP contribution in [0, 0.1) is 0 Å². The fourth-order valence-corrected chi connectivity index (χ4v) is 3.41. The van der Waals surface area contributed by atoms with E-state index in [9.17, 15) is 0 Å². The maximum atomic E-state index is 5.89. The summed E-state index contributed by atoms with van der Waals surface area (Å²) in [5, 5.41) is 2.50. The second-order valence-corrected chi connectivity index (χ2v) is 7.04. The van der Waals surface area contributed by atoms with Gasteiger partial charge in [0.25, 0.3) is 0 Å². The number of nitrogens with zero attached hydrogens (tertiary/aromatic N) is 1. The SMILES string of the molecule is CCCn1c2cc(OCC3CO3)ccc2c2ccc(OCC3CO3)cc21. The van der Waals surface area contributed by atoms with Crippen LogP contribution in [0.4, 0.5) is 0 Å². The summed E-state index contributed by atoms with van der Waals surface area (Å²) in [6.45, 7) is 6.04. The maximum Gasteiger partial charge on any atom is 0.121 e. The molecule has 0 spiro atoms. The van der Waals surface area contributed by atoms with Crippen LogP contribution in [0.15, 0.2) is 36.4 Å². The molecule has 0 saturated carbocycles. The van der Waals surface area contributed by atoms with Crippen molar-refractivity contribution < 1.29 is 18.9 Å². The molecule has 3 heterocycles. The number of rotatable bonds is 8. The van der Waals surface area contributed by atoms with Gasteiger partial charge in [-0.05, 0) is 30.7 Å². The third-order valence-electron chi connectivity index (χ3n) is 4.93. The molecule has 0 radical (unpaired) electrons. The molecule has 5 heteroatoms. The van der Waals surface area contributed by atoms with Gasteiger partial charge in [0.15, 0.2) is 0 Å². The predicted octanol–water partition coefficient (Wildman–Crippen LogP) is 3.76. The number of aromatic nitrogens is 1. The molecule has 2 aromatic carbocycles. The van der Waals surface area contributed by atoms with Crippen molar-refractivity contribution in [1.29, 1.82) is 0 Å². The molecule has 136 valence electrons. The molecule has 2 aliphatic rings. The molecule has 2 unspecified atom stereocenters. The molecule has 3 aromatic rings.